The van der Waals surface area contributed by atoms with Gasteiger partial charge in [-0.15, -0.1) is 0 Å². The van der Waals surface area contributed by atoms with E-state index in [1.54, 1.807) is 12.1 Å². The summed E-state index contributed by atoms with van der Waals surface area (Å²) in [4.78, 5) is 14.4. The molecule has 0 fully saturated rings. The summed E-state index contributed by atoms with van der Waals surface area (Å²) >= 11 is 0. The van der Waals surface area contributed by atoms with Gasteiger partial charge in [-0.25, -0.2) is 4.99 Å². The van der Waals surface area contributed by atoms with Crippen LogP contribution in [0.3, 0.4) is 0 Å². The number of benzene rings is 1. The van der Waals surface area contributed by atoms with Crippen molar-refractivity contribution in [1.82, 2.24) is 0 Å². The molecule has 0 saturated carbocycles. The Morgan fingerprint density at radius 3 is 3.25 bits per heavy atom. The summed E-state index contributed by atoms with van der Waals surface area (Å²) in [5.41, 5.74) is 2.50. The molecular weight excluding hydrogens is 154 g/mol. The van der Waals surface area contributed by atoms with Crippen LogP contribution in [0.25, 0.3) is 0 Å². The second-order valence-corrected chi connectivity index (χ2v) is 2.55. The van der Waals surface area contributed by atoms with Crippen LogP contribution in [0.2, 0.25) is 0 Å². The Morgan fingerprint density at radius 2 is 2.42 bits per heavy atom. The molecule has 0 aromatic heterocycles. The van der Waals surface area contributed by atoms with Crippen molar-refractivity contribution in [3.05, 3.63) is 29.3 Å². The smallest absolute Gasteiger partial charge is 0.175 e. The van der Waals surface area contributed by atoms with Gasteiger partial charge in [-0.1, -0.05) is 0 Å². The van der Waals surface area contributed by atoms with E-state index in [4.69, 9.17) is 4.74 Å². The molecule has 0 aliphatic carbocycles. The standard InChI is InChI=1S/C9H7NO2/c11-4-7-1-2-9-8(3-7)5-12-6-10-9/h1-4,6H,5H2. The number of nitrogens with zero attached hydrogens (tertiary/aromatic N) is 1. The van der Waals surface area contributed by atoms with E-state index in [0.29, 0.717) is 12.2 Å². The van der Waals surface area contributed by atoms with Crippen molar-refractivity contribution in [3.63, 3.8) is 0 Å². The number of carbonyl (C=O) groups excluding carboxylic acids is 1. The first-order valence-corrected chi connectivity index (χ1v) is 3.62. The monoisotopic (exact) mass is 161 g/mol. The number of fused-ring (bicyclic) bond motifs is 1. The SMILES string of the molecule is O=Cc1ccc2c(c1)COC=N2. The molecule has 3 heteroatoms. The molecule has 60 valence electrons. The highest BCUT2D eigenvalue weighted by atomic mass is 16.5. The maximum Gasteiger partial charge on any atom is 0.175 e. The fourth-order valence-corrected chi connectivity index (χ4v) is 1.14. The van der Waals surface area contributed by atoms with E-state index in [1.807, 2.05) is 6.07 Å². The third kappa shape index (κ3) is 1.09. The maximum absolute atomic E-state index is 10.4. The maximum atomic E-state index is 10.4. The van der Waals surface area contributed by atoms with Gasteiger partial charge in [0, 0.05) is 11.1 Å². The molecule has 1 aliphatic rings. The van der Waals surface area contributed by atoms with E-state index < -0.39 is 0 Å². The molecule has 2 rings (SSSR count). The van der Waals surface area contributed by atoms with Crippen molar-refractivity contribution in [1.29, 1.82) is 0 Å². The quantitative estimate of drug-likeness (QED) is 0.588. The van der Waals surface area contributed by atoms with Crippen molar-refractivity contribution in [3.8, 4) is 0 Å². The van der Waals surface area contributed by atoms with Gasteiger partial charge in [0.1, 0.15) is 12.9 Å². The zero-order valence-electron chi connectivity index (χ0n) is 6.36. The summed E-state index contributed by atoms with van der Waals surface area (Å²) in [6.45, 7) is 0.501. The highest BCUT2D eigenvalue weighted by Gasteiger charge is 2.05. The van der Waals surface area contributed by atoms with Crippen LogP contribution >= 0.6 is 0 Å². The van der Waals surface area contributed by atoms with Crippen LogP contribution in [0.15, 0.2) is 23.2 Å². The number of aldehydes is 1. The lowest BCUT2D eigenvalue weighted by molar-refractivity contribution is 0.112. The van der Waals surface area contributed by atoms with Crippen molar-refractivity contribution in [2.24, 2.45) is 4.99 Å². The zero-order chi connectivity index (χ0) is 8.39. The number of hydrogen-bond donors (Lipinski definition) is 0. The van der Waals surface area contributed by atoms with Crippen molar-refractivity contribution in [2.75, 3.05) is 0 Å². The van der Waals surface area contributed by atoms with Gasteiger partial charge in [0.25, 0.3) is 0 Å². The third-order valence-corrected chi connectivity index (χ3v) is 1.74. The summed E-state index contributed by atoms with van der Waals surface area (Å²) in [6, 6.07) is 5.35. The van der Waals surface area contributed by atoms with Crippen LogP contribution in [-0.4, -0.2) is 12.7 Å². The van der Waals surface area contributed by atoms with Crippen LogP contribution in [0.1, 0.15) is 15.9 Å². The lowest BCUT2D eigenvalue weighted by Crippen LogP contribution is -1.97. The molecule has 1 aromatic rings. The number of aliphatic imine (C=N–C) groups is 1. The number of ether oxygens (including phenoxy) is 1. The van der Waals surface area contributed by atoms with E-state index in [-0.39, 0.29) is 0 Å². The number of hydrogen-bond acceptors (Lipinski definition) is 3. The molecule has 1 aliphatic heterocycles. The first-order chi connectivity index (χ1) is 5.90. The molecule has 0 saturated heterocycles. The van der Waals surface area contributed by atoms with Gasteiger partial charge in [0.05, 0.1) is 5.69 Å². The van der Waals surface area contributed by atoms with Crippen LogP contribution in [-0.2, 0) is 11.3 Å². The Morgan fingerprint density at radius 1 is 1.50 bits per heavy atom. The average molecular weight is 161 g/mol. The minimum atomic E-state index is 0.501. The molecule has 0 atom stereocenters. The molecule has 0 radical (unpaired) electrons. The summed E-state index contributed by atoms with van der Waals surface area (Å²) in [7, 11) is 0. The van der Waals surface area contributed by atoms with Crippen molar-refractivity contribution >= 4 is 18.4 Å². The molecule has 3 nitrogen and oxygen atoms in total. The molecule has 0 unspecified atom stereocenters. The summed E-state index contributed by atoms with van der Waals surface area (Å²) < 4.78 is 4.99. The van der Waals surface area contributed by atoms with Crippen LogP contribution < -0.4 is 0 Å². The largest absolute Gasteiger partial charge is 0.478 e. The highest BCUT2D eigenvalue weighted by molar-refractivity contribution is 5.77. The topological polar surface area (TPSA) is 38.7 Å². The van der Waals surface area contributed by atoms with E-state index in [2.05, 4.69) is 4.99 Å². The van der Waals surface area contributed by atoms with E-state index >= 15 is 0 Å². The van der Waals surface area contributed by atoms with Crippen LogP contribution in [0.5, 0.6) is 0 Å². The summed E-state index contributed by atoms with van der Waals surface area (Å²) in [5.74, 6) is 0. The first kappa shape index (κ1) is 7.03. The predicted molar refractivity (Wildman–Crippen MR) is 44.8 cm³/mol. The average Bonchev–Trinajstić information content (AvgIpc) is 2.17. The highest BCUT2D eigenvalue weighted by Crippen LogP contribution is 2.23. The minimum absolute atomic E-state index is 0.501. The predicted octanol–water partition coefficient (Wildman–Crippen LogP) is 1.69. The fourth-order valence-electron chi connectivity index (χ4n) is 1.14. The van der Waals surface area contributed by atoms with E-state index in [1.165, 1.54) is 6.40 Å². The Bertz CT molecular complexity index is 344. The van der Waals surface area contributed by atoms with Crippen molar-refractivity contribution < 1.29 is 9.53 Å². The van der Waals surface area contributed by atoms with E-state index in [0.717, 1.165) is 17.5 Å². The molecule has 1 aromatic carbocycles. The normalized spacial score (nSPS) is 13.3. The molecular formula is C9H7NO2. The number of rotatable bonds is 1. The lowest BCUT2D eigenvalue weighted by atomic mass is 10.1. The van der Waals surface area contributed by atoms with Crippen molar-refractivity contribution in [2.45, 2.75) is 6.61 Å². The van der Waals surface area contributed by atoms with Gasteiger partial charge in [-0.3, -0.25) is 4.79 Å². The lowest BCUT2D eigenvalue weighted by Gasteiger charge is -2.09. The molecule has 12 heavy (non-hydrogen) atoms. The Balaban J connectivity index is 2.50. The molecule has 0 amide bonds. The number of carbonyl (C=O) groups is 1. The van der Waals surface area contributed by atoms with Gasteiger partial charge in [0.2, 0.25) is 0 Å². The van der Waals surface area contributed by atoms with Gasteiger partial charge in [-0.05, 0) is 18.2 Å². The van der Waals surface area contributed by atoms with Crippen LogP contribution in [0.4, 0.5) is 5.69 Å². The zero-order valence-corrected chi connectivity index (χ0v) is 6.36. The molecule has 1 heterocycles. The molecule has 0 spiro atoms. The Hall–Kier alpha value is -1.64. The minimum Gasteiger partial charge on any atom is -0.478 e. The summed E-state index contributed by atoms with van der Waals surface area (Å²) in [6.07, 6.45) is 2.24. The Labute approximate surface area is 69.7 Å². The van der Waals surface area contributed by atoms with Gasteiger partial charge < -0.3 is 4.74 Å². The van der Waals surface area contributed by atoms with Gasteiger partial charge >= 0.3 is 0 Å². The Kier molecular flexibility index (Phi) is 1.63. The van der Waals surface area contributed by atoms with Gasteiger partial charge in [0.15, 0.2) is 6.40 Å². The van der Waals surface area contributed by atoms with Crippen LogP contribution in [0, 0.1) is 0 Å². The summed E-state index contributed by atoms with van der Waals surface area (Å²) in [5, 5.41) is 0. The third-order valence-electron chi connectivity index (χ3n) is 1.74. The first-order valence-electron chi connectivity index (χ1n) is 3.62. The fraction of sp³-hybridized carbons (Fsp3) is 0.111. The molecule has 0 bridgehead atoms. The van der Waals surface area contributed by atoms with E-state index in [9.17, 15) is 4.79 Å². The second-order valence-electron chi connectivity index (χ2n) is 2.55. The van der Waals surface area contributed by atoms with Gasteiger partial charge in [-0.2, -0.15) is 0 Å². The second kappa shape index (κ2) is 2.77. The molecule has 0 N–H and O–H groups in total.